The molecule has 0 saturated carbocycles. The van der Waals surface area contributed by atoms with Crippen LogP contribution in [0.3, 0.4) is 0 Å². The molecule has 0 radical (unpaired) electrons. The number of aromatic nitrogens is 4. The number of amides is 2. The number of halogens is 1. The van der Waals surface area contributed by atoms with Crippen LogP contribution in [0.1, 0.15) is 38.9 Å². The number of nitrogens with one attached hydrogen (secondary N) is 1. The number of likely N-dealkylation sites (N-methyl/N-ethyl adjacent to an activating group) is 1. The van der Waals surface area contributed by atoms with Crippen molar-refractivity contribution in [2.24, 2.45) is 0 Å². The Bertz CT molecular complexity index is 1010. The van der Waals surface area contributed by atoms with Crippen LogP contribution in [0.2, 0.25) is 5.02 Å². The maximum atomic E-state index is 12.2. The molecule has 164 valence electrons. The van der Waals surface area contributed by atoms with Gasteiger partial charge in [0.2, 0.25) is 5.95 Å². The van der Waals surface area contributed by atoms with Crippen molar-refractivity contribution >= 4 is 29.4 Å². The van der Waals surface area contributed by atoms with Crippen molar-refractivity contribution in [1.29, 1.82) is 0 Å². The first-order valence-corrected chi connectivity index (χ1v) is 10.7. The smallest absolute Gasteiger partial charge is 0.325 e. The fourth-order valence-electron chi connectivity index (χ4n) is 3.01. The molecule has 8 nitrogen and oxygen atoms in total. The number of imidazole rings is 1. The number of anilines is 2. The molecule has 2 aromatic heterocycles. The van der Waals surface area contributed by atoms with Crippen molar-refractivity contribution in [3.8, 4) is 5.69 Å². The summed E-state index contributed by atoms with van der Waals surface area (Å²) in [4.78, 5) is 28.7. The quantitative estimate of drug-likeness (QED) is 0.616. The Morgan fingerprint density at radius 3 is 2.48 bits per heavy atom. The van der Waals surface area contributed by atoms with E-state index in [0.29, 0.717) is 29.9 Å². The van der Waals surface area contributed by atoms with Gasteiger partial charge in [-0.25, -0.2) is 14.8 Å². The molecule has 1 aromatic carbocycles. The topological polar surface area (TPSA) is 79.2 Å². The van der Waals surface area contributed by atoms with Crippen molar-refractivity contribution in [3.05, 3.63) is 59.8 Å². The number of hydrogen-bond acceptors (Lipinski definition) is 5. The van der Waals surface area contributed by atoms with Gasteiger partial charge in [-0.2, -0.15) is 4.98 Å². The average Bonchev–Trinajstić information content (AvgIpc) is 3.37. The number of nitrogens with zero attached hydrogens (tertiary/aromatic N) is 6. The van der Waals surface area contributed by atoms with Crippen LogP contribution in [0, 0.1) is 0 Å². The standard InChI is InChI=1S/C19H20ClN7O.C3H8/c1-13(16-11-26(12-22-16)15-5-3-14(20)4-6-15)23-18-21-8-7-17(24-18)27-10-9-25(2)19(27)28;1-3-2/h3-8,11-13H,9-10H2,1-2H3,(H,21,23,24);3H2,1-2H3. The van der Waals surface area contributed by atoms with Crippen LogP contribution in [-0.4, -0.2) is 50.6 Å². The number of benzene rings is 1. The van der Waals surface area contributed by atoms with Gasteiger partial charge in [-0.3, -0.25) is 4.90 Å². The first-order valence-electron chi connectivity index (χ1n) is 10.3. The van der Waals surface area contributed by atoms with Crippen LogP contribution >= 0.6 is 11.6 Å². The summed E-state index contributed by atoms with van der Waals surface area (Å²) in [6.07, 6.45) is 6.60. The molecular weight excluding hydrogens is 414 g/mol. The molecule has 9 heteroatoms. The third-order valence-corrected chi connectivity index (χ3v) is 4.90. The Labute approximate surface area is 187 Å². The average molecular weight is 442 g/mol. The van der Waals surface area contributed by atoms with Crippen molar-refractivity contribution in [1.82, 2.24) is 24.4 Å². The molecule has 1 unspecified atom stereocenters. The lowest BCUT2D eigenvalue weighted by Crippen LogP contribution is -2.30. The minimum atomic E-state index is -0.110. The summed E-state index contributed by atoms with van der Waals surface area (Å²) in [5, 5.41) is 3.94. The summed E-state index contributed by atoms with van der Waals surface area (Å²) in [5.74, 6) is 1.04. The number of hydrogen-bond donors (Lipinski definition) is 1. The maximum Gasteiger partial charge on any atom is 0.325 e. The molecule has 2 amide bonds. The molecule has 3 aromatic rings. The van der Waals surface area contributed by atoms with E-state index >= 15 is 0 Å². The second-order valence-corrected chi connectivity index (χ2v) is 7.79. The molecule has 31 heavy (non-hydrogen) atoms. The Balaban J connectivity index is 0.000000858. The second kappa shape index (κ2) is 10.3. The highest BCUT2D eigenvalue weighted by molar-refractivity contribution is 6.30. The zero-order chi connectivity index (χ0) is 22.4. The summed E-state index contributed by atoms with van der Waals surface area (Å²) >= 11 is 5.95. The normalized spacial score (nSPS) is 14.3. The largest absolute Gasteiger partial charge is 0.346 e. The molecule has 1 atom stereocenters. The zero-order valence-electron chi connectivity index (χ0n) is 18.3. The van der Waals surface area contributed by atoms with Gasteiger partial charge in [0, 0.05) is 43.2 Å². The lowest BCUT2D eigenvalue weighted by Gasteiger charge is -2.17. The van der Waals surface area contributed by atoms with Crippen molar-refractivity contribution in [2.45, 2.75) is 33.2 Å². The second-order valence-electron chi connectivity index (χ2n) is 7.35. The van der Waals surface area contributed by atoms with E-state index in [1.165, 1.54) is 6.42 Å². The van der Waals surface area contributed by atoms with Crippen molar-refractivity contribution < 1.29 is 4.79 Å². The molecule has 4 rings (SSSR count). The van der Waals surface area contributed by atoms with Crippen LogP contribution in [-0.2, 0) is 0 Å². The Morgan fingerprint density at radius 2 is 1.84 bits per heavy atom. The highest BCUT2D eigenvalue weighted by Gasteiger charge is 2.27. The minimum Gasteiger partial charge on any atom is -0.346 e. The minimum absolute atomic E-state index is 0.0561. The summed E-state index contributed by atoms with van der Waals surface area (Å²) in [6.45, 7) is 7.54. The predicted molar refractivity (Wildman–Crippen MR) is 124 cm³/mol. The lowest BCUT2D eigenvalue weighted by atomic mass is 10.2. The van der Waals surface area contributed by atoms with Gasteiger partial charge in [-0.15, -0.1) is 0 Å². The fourth-order valence-corrected chi connectivity index (χ4v) is 3.14. The first kappa shape index (κ1) is 22.6. The monoisotopic (exact) mass is 441 g/mol. The molecular formula is C22H28ClN7O. The molecule has 0 aliphatic carbocycles. The van der Waals surface area contributed by atoms with E-state index in [9.17, 15) is 4.79 Å². The van der Waals surface area contributed by atoms with Crippen molar-refractivity contribution in [2.75, 3.05) is 30.4 Å². The molecule has 1 N–H and O–H groups in total. The molecule has 0 spiro atoms. The first-order chi connectivity index (χ1) is 14.9. The van der Waals surface area contributed by atoms with Crippen LogP contribution in [0.4, 0.5) is 16.6 Å². The van der Waals surface area contributed by atoms with Gasteiger partial charge in [-0.05, 0) is 37.3 Å². The molecule has 3 heterocycles. The van der Waals surface area contributed by atoms with E-state index in [-0.39, 0.29) is 12.1 Å². The third kappa shape index (κ3) is 5.52. The highest BCUT2D eigenvalue weighted by Crippen LogP contribution is 2.21. The number of carbonyl (C=O) groups excluding carboxylic acids is 1. The van der Waals surface area contributed by atoms with Gasteiger partial charge in [0.25, 0.3) is 0 Å². The number of rotatable bonds is 5. The van der Waals surface area contributed by atoms with Gasteiger partial charge in [0.15, 0.2) is 0 Å². The van der Waals surface area contributed by atoms with E-state index in [4.69, 9.17) is 11.6 Å². The van der Waals surface area contributed by atoms with Crippen LogP contribution in [0.15, 0.2) is 49.1 Å². The maximum absolute atomic E-state index is 12.2. The Morgan fingerprint density at radius 1 is 1.13 bits per heavy atom. The van der Waals surface area contributed by atoms with Crippen LogP contribution in [0.25, 0.3) is 5.69 Å². The van der Waals surface area contributed by atoms with Gasteiger partial charge in [0.05, 0.1) is 18.1 Å². The zero-order valence-corrected chi connectivity index (χ0v) is 19.0. The molecule has 1 aliphatic rings. The lowest BCUT2D eigenvalue weighted by molar-refractivity contribution is 0.229. The van der Waals surface area contributed by atoms with Gasteiger partial charge in [0.1, 0.15) is 5.82 Å². The SMILES string of the molecule is CC(Nc1nccc(N2CCN(C)C2=O)n1)c1cn(-c2ccc(Cl)cc2)cn1.CCC. The Kier molecular flexibility index (Phi) is 7.46. The van der Waals surface area contributed by atoms with Gasteiger partial charge < -0.3 is 14.8 Å². The summed E-state index contributed by atoms with van der Waals surface area (Å²) in [5.41, 5.74) is 1.83. The molecule has 1 saturated heterocycles. The highest BCUT2D eigenvalue weighted by atomic mass is 35.5. The Hall–Kier alpha value is -3.13. The number of urea groups is 1. The predicted octanol–water partition coefficient (Wildman–Crippen LogP) is 4.78. The summed E-state index contributed by atoms with van der Waals surface area (Å²) in [7, 11) is 1.78. The van der Waals surface area contributed by atoms with E-state index in [2.05, 4.69) is 34.1 Å². The summed E-state index contributed by atoms with van der Waals surface area (Å²) in [6, 6.07) is 9.12. The van der Waals surface area contributed by atoms with Crippen LogP contribution < -0.4 is 10.2 Å². The van der Waals surface area contributed by atoms with Crippen LogP contribution in [0.5, 0.6) is 0 Å². The fraction of sp³-hybridized carbons (Fsp3) is 0.364. The summed E-state index contributed by atoms with van der Waals surface area (Å²) < 4.78 is 1.93. The van der Waals surface area contributed by atoms with E-state index in [1.54, 1.807) is 35.4 Å². The molecule has 1 fully saturated rings. The van der Waals surface area contributed by atoms with Gasteiger partial charge in [-0.1, -0.05) is 31.9 Å². The van der Waals surface area contributed by atoms with E-state index in [0.717, 1.165) is 11.4 Å². The molecule has 0 bridgehead atoms. The molecule has 1 aliphatic heterocycles. The van der Waals surface area contributed by atoms with Crippen molar-refractivity contribution in [3.63, 3.8) is 0 Å². The third-order valence-electron chi connectivity index (χ3n) is 4.65. The van der Waals surface area contributed by atoms with E-state index < -0.39 is 0 Å². The van der Waals surface area contributed by atoms with Gasteiger partial charge >= 0.3 is 6.03 Å². The van der Waals surface area contributed by atoms with E-state index in [1.807, 2.05) is 42.0 Å². The number of carbonyl (C=O) groups is 1.